The molecule has 1 fully saturated rings. The second-order valence-corrected chi connectivity index (χ2v) is 6.80. The van der Waals surface area contributed by atoms with Gasteiger partial charge in [0.1, 0.15) is 5.75 Å². The van der Waals surface area contributed by atoms with Crippen LogP contribution in [0, 0.1) is 0 Å². The first-order chi connectivity index (χ1) is 12.7. The lowest BCUT2D eigenvalue weighted by Gasteiger charge is -2.34. The summed E-state index contributed by atoms with van der Waals surface area (Å²) in [6.07, 6.45) is 3.27. The molecule has 0 bridgehead atoms. The Labute approximate surface area is 152 Å². The average molecular weight is 349 g/mol. The zero-order chi connectivity index (χ0) is 17.9. The summed E-state index contributed by atoms with van der Waals surface area (Å²) in [5.74, 6) is 0.455. The van der Waals surface area contributed by atoms with Gasteiger partial charge in [0.05, 0.1) is 0 Å². The molecule has 3 aromatic rings. The van der Waals surface area contributed by atoms with E-state index in [1.165, 1.54) is 10.9 Å². The number of aromatic hydroxyl groups is 1. The molecule has 0 saturated carbocycles. The van der Waals surface area contributed by atoms with Crippen molar-refractivity contribution in [2.24, 2.45) is 0 Å². The highest BCUT2D eigenvalue weighted by Crippen LogP contribution is 2.22. The molecule has 0 spiro atoms. The van der Waals surface area contributed by atoms with Crippen molar-refractivity contribution < 1.29 is 9.90 Å². The summed E-state index contributed by atoms with van der Waals surface area (Å²) in [7, 11) is 0. The van der Waals surface area contributed by atoms with Crippen LogP contribution in [-0.2, 0) is 11.2 Å². The summed E-state index contributed by atoms with van der Waals surface area (Å²) in [5, 5.41) is 14.1. The molecule has 0 radical (unpaired) electrons. The van der Waals surface area contributed by atoms with Gasteiger partial charge < -0.3 is 20.3 Å². The van der Waals surface area contributed by atoms with Crippen molar-refractivity contribution in [1.29, 1.82) is 0 Å². The molecule has 2 aromatic carbocycles. The van der Waals surface area contributed by atoms with Gasteiger partial charge in [0, 0.05) is 49.2 Å². The molecule has 1 aliphatic heterocycles. The van der Waals surface area contributed by atoms with Gasteiger partial charge in [0.25, 0.3) is 0 Å². The number of nitrogens with zero attached hydrogens (tertiary/aromatic N) is 1. The first-order valence-corrected chi connectivity index (χ1v) is 9.06. The van der Waals surface area contributed by atoms with E-state index < -0.39 is 0 Å². The zero-order valence-electron chi connectivity index (χ0n) is 14.6. The molecule has 2 heterocycles. The van der Waals surface area contributed by atoms with Gasteiger partial charge >= 0.3 is 0 Å². The van der Waals surface area contributed by atoms with Crippen molar-refractivity contribution in [1.82, 2.24) is 15.2 Å². The van der Waals surface area contributed by atoms with Gasteiger partial charge in [-0.3, -0.25) is 4.79 Å². The van der Waals surface area contributed by atoms with Gasteiger partial charge in [0.2, 0.25) is 5.91 Å². The van der Waals surface area contributed by atoms with Crippen molar-refractivity contribution in [3.8, 4) is 5.75 Å². The summed E-state index contributed by atoms with van der Waals surface area (Å²) in [6.45, 7) is 2.18. The number of fused-ring (bicyclic) bond motifs is 1. The maximum atomic E-state index is 12.7. The zero-order valence-corrected chi connectivity index (χ0v) is 14.6. The summed E-state index contributed by atoms with van der Waals surface area (Å²) >= 11 is 0. The van der Waals surface area contributed by atoms with Crippen molar-refractivity contribution in [3.63, 3.8) is 0 Å². The average Bonchev–Trinajstić information content (AvgIpc) is 3.10. The highest BCUT2D eigenvalue weighted by atomic mass is 16.3. The molecular formula is C21H23N3O2. The fourth-order valence-corrected chi connectivity index (χ4v) is 3.64. The van der Waals surface area contributed by atoms with Gasteiger partial charge in [-0.25, -0.2) is 0 Å². The number of rotatable bonds is 4. The molecule has 1 amide bonds. The van der Waals surface area contributed by atoms with Crippen LogP contribution in [0.2, 0.25) is 0 Å². The number of phenolic OH excluding ortho intramolecular Hbond substituents is 1. The summed E-state index contributed by atoms with van der Waals surface area (Å²) < 4.78 is 0. The maximum absolute atomic E-state index is 12.7. The number of carbonyl (C=O) groups is 1. The molecule has 1 aliphatic rings. The molecule has 26 heavy (non-hydrogen) atoms. The molecule has 134 valence electrons. The van der Waals surface area contributed by atoms with Crippen LogP contribution in [0.4, 0.5) is 0 Å². The number of hydrogen-bond acceptors (Lipinski definition) is 3. The van der Waals surface area contributed by atoms with Crippen LogP contribution in [-0.4, -0.2) is 40.5 Å². The number of carbonyl (C=O) groups excluding carboxylic acids is 1. The Balaban J connectivity index is 1.39. The number of hydrogen-bond donors (Lipinski definition) is 3. The van der Waals surface area contributed by atoms with Crippen molar-refractivity contribution in [2.45, 2.75) is 18.9 Å². The van der Waals surface area contributed by atoms with Crippen LogP contribution in [0.15, 0.2) is 54.7 Å². The predicted octanol–water partition coefficient (Wildman–Crippen LogP) is 2.98. The molecule has 4 rings (SSSR count). The van der Waals surface area contributed by atoms with E-state index in [2.05, 4.69) is 22.4 Å². The lowest BCUT2D eigenvalue weighted by Crippen LogP contribution is -2.48. The number of piperazine rings is 1. The Morgan fingerprint density at radius 3 is 2.81 bits per heavy atom. The third-order valence-corrected chi connectivity index (χ3v) is 5.11. The SMILES string of the molecule is O=C(CCc1c[nH]c2ccccc12)N1CCNC(c2ccc(O)cc2)C1. The van der Waals surface area contributed by atoms with E-state index in [0.717, 1.165) is 30.6 Å². The van der Waals surface area contributed by atoms with E-state index in [0.29, 0.717) is 13.0 Å². The Morgan fingerprint density at radius 1 is 1.15 bits per heavy atom. The lowest BCUT2D eigenvalue weighted by atomic mass is 10.0. The van der Waals surface area contributed by atoms with Crippen molar-refractivity contribution >= 4 is 16.8 Å². The first-order valence-electron chi connectivity index (χ1n) is 9.06. The third-order valence-electron chi connectivity index (χ3n) is 5.11. The van der Waals surface area contributed by atoms with Gasteiger partial charge in [-0.05, 0) is 35.7 Å². The topological polar surface area (TPSA) is 68.4 Å². The standard InChI is InChI=1S/C21H23N3O2/c25-17-8-5-15(6-9-17)20-14-24(12-11-22-20)21(26)10-7-16-13-23-19-4-2-1-3-18(16)19/h1-6,8-9,13,20,22-23,25H,7,10-12,14H2. The lowest BCUT2D eigenvalue weighted by molar-refractivity contribution is -0.132. The number of benzene rings is 2. The minimum Gasteiger partial charge on any atom is -0.508 e. The molecule has 3 N–H and O–H groups in total. The summed E-state index contributed by atoms with van der Waals surface area (Å²) in [4.78, 5) is 17.9. The minimum absolute atomic E-state index is 0.112. The normalized spacial score (nSPS) is 17.5. The largest absolute Gasteiger partial charge is 0.508 e. The number of nitrogens with one attached hydrogen (secondary N) is 2. The van der Waals surface area contributed by atoms with E-state index in [9.17, 15) is 9.90 Å². The second kappa shape index (κ2) is 7.22. The van der Waals surface area contributed by atoms with Crippen LogP contribution in [0.25, 0.3) is 10.9 Å². The molecule has 5 heteroatoms. The van der Waals surface area contributed by atoms with E-state index in [4.69, 9.17) is 0 Å². The number of H-pyrrole nitrogens is 1. The Kier molecular flexibility index (Phi) is 4.63. The molecule has 1 aromatic heterocycles. The molecule has 5 nitrogen and oxygen atoms in total. The molecular weight excluding hydrogens is 326 g/mol. The quantitative estimate of drug-likeness (QED) is 0.678. The van der Waals surface area contributed by atoms with Crippen LogP contribution in [0.1, 0.15) is 23.6 Å². The van der Waals surface area contributed by atoms with Crippen LogP contribution >= 0.6 is 0 Å². The van der Waals surface area contributed by atoms with Crippen molar-refractivity contribution in [3.05, 3.63) is 65.9 Å². The van der Waals surface area contributed by atoms with E-state index in [-0.39, 0.29) is 17.7 Å². The third kappa shape index (κ3) is 3.44. The molecule has 1 unspecified atom stereocenters. The molecule has 1 atom stereocenters. The first kappa shape index (κ1) is 16.7. The fourth-order valence-electron chi connectivity index (χ4n) is 3.64. The highest BCUT2D eigenvalue weighted by Gasteiger charge is 2.24. The van der Waals surface area contributed by atoms with Crippen LogP contribution < -0.4 is 5.32 Å². The summed E-state index contributed by atoms with van der Waals surface area (Å²) in [6, 6.07) is 15.5. The van der Waals surface area contributed by atoms with E-state index in [1.54, 1.807) is 12.1 Å². The minimum atomic E-state index is 0.112. The number of aryl methyl sites for hydroxylation is 1. The molecule has 0 aliphatic carbocycles. The number of aromatic amines is 1. The monoisotopic (exact) mass is 349 g/mol. The Morgan fingerprint density at radius 2 is 1.96 bits per heavy atom. The predicted molar refractivity (Wildman–Crippen MR) is 102 cm³/mol. The number of amides is 1. The van der Waals surface area contributed by atoms with Crippen molar-refractivity contribution in [2.75, 3.05) is 19.6 Å². The maximum Gasteiger partial charge on any atom is 0.223 e. The summed E-state index contributed by atoms with van der Waals surface area (Å²) in [5.41, 5.74) is 3.40. The second-order valence-electron chi connectivity index (χ2n) is 6.80. The smallest absolute Gasteiger partial charge is 0.223 e. The van der Waals surface area contributed by atoms with E-state index >= 15 is 0 Å². The number of phenols is 1. The van der Waals surface area contributed by atoms with Crippen LogP contribution in [0.5, 0.6) is 5.75 Å². The Bertz CT molecular complexity index is 901. The number of para-hydroxylation sites is 1. The number of aromatic nitrogens is 1. The van der Waals surface area contributed by atoms with Gasteiger partial charge in [-0.1, -0.05) is 30.3 Å². The highest BCUT2D eigenvalue weighted by molar-refractivity contribution is 5.84. The Hall–Kier alpha value is -2.79. The van der Waals surface area contributed by atoms with Gasteiger partial charge in [-0.2, -0.15) is 0 Å². The fraction of sp³-hybridized carbons (Fsp3) is 0.286. The molecule has 1 saturated heterocycles. The van der Waals surface area contributed by atoms with E-state index in [1.807, 2.05) is 35.4 Å². The van der Waals surface area contributed by atoms with Crippen LogP contribution in [0.3, 0.4) is 0 Å². The van der Waals surface area contributed by atoms with Gasteiger partial charge in [0.15, 0.2) is 0 Å². The van der Waals surface area contributed by atoms with Gasteiger partial charge in [-0.15, -0.1) is 0 Å².